The molecule has 0 bridgehead atoms. The third-order valence-electron chi connectivity index (χ3n) is 1.88. The van der Waals surface area contributed by atoms with Gasteiger partial charge < -0.3 is 14.5 Å². The Balaban J connectivity index is 2.48. The van der Waals surface area contributed by atoms with E-state index in [1.807, 2.05) is 0 Å². The number of furan rings is 1. The number of ether oxygens (including phenoxy) is 1. The molecule has 1 atom stereocenters. The Hall–Kier alpha value is -1.49. The van der Waals surface area contributed by atoms with Gasteiger partial charge in [0.15, 0.2) is 11.0 Å². The van der Waals surface area contributed by atoms with Crippen molar-refractivity contribution in [2.75, 3.05) is 7.11 Å². The summed E-state index contributed by atoms with van der Waals surface area (Å²) in [6.07, 6.45) is 0.108. The van der Waals surface area contributed by atoms with Crippen molar-refractivity contribution in [1.29, 1.82) is 0 Å². The minimum Gasteiger partial charge on any atom is -0.469 e. The quantitative estimate of drug-likeness (QED) is 0.819. The van der Waals surface area contributed by atoms with Crippen molar-refractivity contribution in [1.82, 2.24) is 5.32 Å². The number of hydrogen-bond donors (Lipinski definition) is 1. The number of carbonyl (C=O) groups is 2. The van der Waals surface area contributed by atoms with E-state index in [1.165, 1.54) is 19.2 Å². The van der Waals surface area contributed by atoms with Crippen LogP contribution in [0, 0.1) is 0 Å². The topological polar surface area (TPSA) is 68.5 Å². The van der Waals surface area contributed by atoms with Crippen molar-refractivity contribution in [3.63, 3.8) is 0 Å². The van der Waals surface area contributed by atoms with Crippen LogP contribution in [0.1, 0.15) is 23.9 Å². The van der Waals surface area contributed by atoms with Gasteiger partial charge in [-0.15, -0.1) is 0 Å². The molecular formula is C10H12ClNO4. The number of nitrogens with one attached hydrogen (secondary N) is 1. The summed E-state index contributed by atoms with van der Waals surface area (Å²) < 4.78 is 9.39. The fourth-order valence-corrected chi connectivity index (χ4v) is 1.26. The van der Waals surface area contributed by atoms with E-state index in [1.54, 1.807) is 6.92 Å². The van der Waals surface area contributed by atoms with Crippen molar-refractivity contribution in [3.05, 3.63) is 23.1 Å². The molecule has 88 valence electrons. The van der Waals surface area contributed by atoms with Gasteiger partial charge in [-0.1, -0.05) is 0 Å². The summed E-state index contributed by atoms with van der Waals surface area (Å²) in [7, 11) is 1.29. The molecule has 1 rings (SSSR count). The van der Waals surface area contributed by atoms with Gasteiger partial charge in [0, 0.05) is 6.04 Å². The predicted molar refractivity (Wildman–Crippen MR) is 57.3 cm³/mol. The zero-order chi connectivity index (χ0) is 12.1. The molecule has 1 aromatic rings. The summed E-state index contributed by atoms with van der Waals surface area (Å²) in [6, 6.07) is 2.60. The maximum Gasteiger partial charge on any atom is 0.307 e. The normalized spacial score (nSPS) is 11.9. The van der Waals surface area contributed by atoms with E-state index in [9.17, 15) is 9.59 Å². The van der Waals surface area contributed by atoms with E-state index in [4.69, 9.17) is 16.0 Å². The molecule has 0 radical (unpaired) electrons. The van der Waals surface area contributed by atoms with Crippen molar-refractivity contribution in [2.24, 2.45) is 0 Å². The average Bonchev–Trinajstić information content (AvgIpc) is 2.64. The lowest BCUT2D eigenvalue weighted by Gasteiger charge is -2.10. The maximum atomic E-state index is 11.5. The lowest BCUT2D eigenvalue weighted by Crippen LogP contribution is -2.34. The van der Waals surface area contributed by atoms with Gasteiger partial charge in [-0.25, -0.2) is 0 Å². The van der Waals surface area contributed by atoms with Gasteiger partial charge in [0.2, 0.25) is 0 Å². The lowest BCUT2D eigenvalue weighted by molar-refractivity contribution is -0.141. The van der Waals surface area contributed by atoms with Gasteiger partial charge in [0.05, 0.1) is 13.5 Å². The first-order valence-corrected chi connectivity index (χ1v) is 5.03. The molecule has 1 N–H and O–H groups in total. The van der Waals surface area contributed by atoms with E-state index in [0.29, 0.717) is 0 Å². The molecule has 0 saturated heterocycles. The first-order valence-electron chi connectivity index (χ1n) is 4.66. The highest BCUT2D eigenvalue weighted by Gasteiger charge is 2.15. The highest BCUT2D eigenvalue weighted by atomic mass is 35.5. The molecule has 0 aliphatic rings. The highest BCUT2D eigenvalue weighted by molar-refractivity contribution is 6.29. The van der Waals surface area contributed by atoms with Gasteiger partial charge in [0.25, 0.3) is 5.91 Å². The van der Waals surface area contributed by atoms with Crippen molar-refractivity contribution < 1.29 is 18.7 Å². The van der Waals surface area contributed by atoms with Crippen LogP contribution in [0.2, 0.25) is 5.22 Å². The molecule has 0 spiro atoms. The molecule has 0 saturated carbocycles. The van der Waals surface area contributed by atoms with Crippen LogP contribution in [0.15, 0.2) is 16.5 Å². The molecule has 0 aliphatic heterocycles. The van der Waals surface area contributed by atoms with E-state index in [2.05, 4.69) is 10.1 Å². The van der Waals surface area contributed by atoms with E-state index < -0.39 is 5.91 Å². The first-order chi connectivity index (χ1) is 7.52. The number of esters is 1. The summed E-state index contributed by atoms with van der Waals surface area (Å²) >= 11 is 5.53. The molecule has 1 heterocycles. The molecule has 0 aliphatic carbocycles. The molecule has 1 aromatic heterocycles. The Bertz CT molecular complexity index is 388. The Kier molecular flexibility index (Phi) is 4.37. The number of carbonyl (C=O) groups excluding carboxylic acids is 2. The molecule has 6 heteroatoms. The Morgan fingerprint density at radius 3 is 2.75 bits per heavy atom. The van der Waals surface area contributed by atoms with E-state index in [-0.39, 0.29) is 29.4 Å². The van der Waals surface area contributed by atoms with Gasteiger partial charge in [-0.2, -0.15) is 0 Å². The minimum absolute atomic E-state index is 0.108. The zero-order valence-electron chi connectivity index (χ0n) is 8.95. The third-order valence-corrected chi connectivity index (χ3v) is 2.08. The molecule has 16 heavy (non-hydrogen) atoms. The third kappa shape index (κ3) is 3.58. The van der Waals surface area contributed by atoms with Crippen LogP contribution in [0.4, 0.5) is 0 Å². The van der Waals surface area contributed by atoms with Gasteiger partial charge in [-0.3, -0.25) is 9.59 Å². The van der Waals surface area contributed by atoms with Crippen LogP contribution in [0.5, 0.6) is 0 Å². The minimum atomic E-state index is -0.414. The molecule has 5 nitrogen and oxygen atoms in total. The van der Waals surface area contributed by atoms with Crippen LogP contribution in [-0.4, -0.2) is 25.0 Å². The number of halogens is 1. The molecule has 0 fully saturated rings. The molecule has 0 aromatic carbocycles. The second-order valence-corrected chi connectivity index (χ2v) is 3.63. The standard InChI is InChI=1S/C10H12ClNO4/c1-6(5-9(13)15-2)12-10(14)7-3-4-8(11)16-7/h3-4,6H,5H2,1-2H3,(H,12,14). The smallest absolute Gasteiger partial charge is 0.307 e. The van der Waals surface area contributed by atoms with Crippen LogP contribution in [-0.2, 0) is 9.53 Å². The SMILES string of the molecule is COC(=O)CC(C)NC(=O)c1ccc(Cl)o1. The van der Waals surface area contributed by atoms with Crippen LogP contribution >= 0.6 is 11.6 Å². The molecule has 1 unspecified atom stereocenters. The maximum absolute atomic E-state index is 11.5. The first kappa shape index (κ1) is 12.6. The summed E-state index contributed by atoms with van der Waals surface area (Å²) in [5, 5.41) is 2.73. The summed E-state index contributed by atoms with van der Waals surface area (Å²) in [5.74, 6) is -0.685. The van der Waals surface area contributed by atoms with Gasteiger partial charge >= 0.3 is 5.97 Å². The second kappa shape index (κ2) is 5.55. The van der Waals surface area contributed by atoms with Crippen molar-refractivity contribution in [3.8, 4) is 0 Å². The summed E-state index contributed by atoms with van der Waals surface area (Å²) in [4.78, 5) is 22.4. The Labute approximate surface area is 97.7 Å². The van der Waals surface area contributed by atoms with E-state index in [0.717, 1.165) is 0 Å². The van der Waals surface area contributed by atoms with Crippen molar-refractivity contribution in [2.45, 2.75) is 19.4 Å². The number of amides is 1. The van der Waals surface area contributed by atoms with Crippen LogP contribution in [0.3, 0.4) is 0 Å². The van der Waals surface area contributed by atoms with Gasteiger partial charge in [-0.05, 0) is 30.7 Å². The predicted octanol–water partition coefficient (Wildman–Crippen LogP) is 1.61. The number of methoxy groups -OCH3 is 1. The number of hydrogen-bond acceptors (Lipinski definition) is 4. The average molecular weight is 246 g/mol. The largest absolute Gasteiger partial charge is 0.469 e. The number of rotatable bonds is 4. The van der Waals surface area contributed by atoms with E-state index >= 15 is 0 Å². The fraction of sp³-hybridized carbons (Fsp3) is 0.400. The van der Waals surface area contributed by atoms with Crippen LogP contribution in [0.25, 0.3) is 0 Å². The van der Waals surface area contributed by atoms with Crippen molar-refractivity contribution >= 4 is 23.5 Å². The molecule has 1 amide bonds. The Morgan fingerprint density at radius 1 is 1.56 bits per heavy atom. The molecular weight excluding hydrogens is 234 g/mol. The highest BCUT2D eigenvalue weighted by Crippen LogP contribution is 2.13. The Morgan fingerprint density at radius 2 is 2.25 bits per heavy atom. The summed E-state index contributed by atoms with van der Waals surface area (Å²) in [5.41, 5.74) is 0. The monoisotopic (exact) mass is 245 g/mol. The lowest BCUT2D eigenvalue weighted by atomic mass is 10.2. The van der Waals surface area contributed by atoms with Crippen LogP contribution < -0.4 is 5.32 Å². The fourth-order valence-electron chi connectivity index (χ4n) is 1.12. The zero-order valence-corrected chi connectivity index (χ0v) is 9.71. The van der Waals surface area contributed by atoms with Gasteiger partial charge in [0.1, 0.15) is 0 Å². The summed E-state index contributed by atoms with van der Waals surface area (Å²) in [6.45, 7) is 1.69. The second-order valence-electron chi connectivity index (χ2n) is 3.26.